The molecule has 0 bridgehead atoms. The Morgan fingerprint density at radius 1 is 0.773 bits per heavy atom. The van der Waals surface area contributed by atoms with Crippen molar-refractivity contribution in [1.82, 2.24) is 0 Å². The van der Waals surface area contributed by atoms with Gasteiger partial charge in [0.15, 0.2) is 18.4 Å². The van der Waals surface area contributed by atoms with Crippen molar-refractivity contribution in [3.05, 3.63) is 42.7 Å². The zero-order valence-corrected chi connectivity index (χ0v) is 14.4. The first-order chi connectivity index (χ1) is 10.8. The van der Waals surface area contributed by atoms with E-state index in [1.807, 2.05) is 0 Å². The van der Waals surface area contributed by atoms with Gasteiger partial charge in [-0.15, -0.1) is 0 Å². The van der Waals surface area contributed by atoms with Crippen molar-refractivity contribution in [3.63, 3.8) is 0 Å². The van der Waals surface area contributed by atoms with E-state index >= 15 is 0 Å². The van der Waals surface area contributed by atoms with Gasteiger partial charge in [-0.3, -0.25) is 0 Å². The molecule has 0 aliphatic heterocycles. The van der Waals surface area contributed by atoms with Crippen LogP contribution in [0.1, 0.15) is 77.7 Å². The average Bonchev–Trinajstić information content (AvgIpc) is 2.57. The first-order valence-corrected chi connectivity index (χ1v) is 9.24. The molecule has 1 aromatic carbocycles. The van der Waals surface area contributed by atoms with Crippen molar-refractivity contribution in [2.45, 2.75) is 77.7 Å². The van der Waals surface area contributed by atoms with Crippen molar-refractivity contribution in [2.75, 3.05) is 0 Å². The van der Waals surface area contributed by atoms with Gasteiger partial charge >= 0.3 is 0 Å². The van der Waals surface area contributed by atoms with Crippen LogP contribution in [0.3, 0.4) is 0 Å². The topological polar surface area (TPSA) is 3.88 Å². The molecule has 22 heavy (non-hydrogen) atoms. The monoisotopic (exact) mass is 298 g/mol. The molecule has 0 radical (unpaired) electrons. The molecule has 0 amide bonds. The second-order valence-corrected chi connectivity index (χ2v) is 6.52. The van der Waals surface area contributed by atoms with Crippen LogP contribution >= 0.6 is 0 Å². The molecule has 2 rings (SSSR count). The fourth-order valence-electron chi connectivity index (χ4n) is 3.24. The summed E-state index contributed by atoms with van der Waals surface area (Å²) < 4.78 is 2.47. The molecule has 0 saturated heterocycles. The second-order valence-electron chi connectivity index (χ2n) is 6.52. The Labute approximate surface area is 136 Å². The molecule has 0 aliphatic rings. The lowest BCUT2D eigenvalue weighted by molar-refractivity contribution is -0.723. The molecule has 120 valence electrons. The van der Waals surface area contributed by atoms with Crippen LogP contribution in [0.2, 0.25) is 0 Å². The van der Waals surface area contributed by atoms with E-state index in [2.05, 4.69) is 61.1 Å². The third-order valence-electron chi connectivity index (χ3n) is 4.66. The Morgan fingerprint density at radius 2 is 1.45 bits per heavy atom. The van der Waals surface area contributed by atoms with E-state index < -0.39 is 0 Å². The molecule has 1 aromatic heterocycles. The van der Waals surface area contributed by atoms with Crippen molar-refractivity contribution in [1.29, 1.82) is 0 Å². The fourth-order valence-corrected chi connectivity index (χ4v) is 3.24. The molecule has 0 spiro atoms. The van der Waals surface area contributed by atoms with Gasteiger partial charge < -0.3 is 0 Å². The van der Waals surface area contributed by atoms with Crippen LogP contribution in [-0.2, 0) is 0 Å². The van der Waals surface area contributed by atoms with Crippen molar-refractivity contribution >= 4 is 10.8 Å². The summed E-state index contributed by atoms with van der Waals surface area (Å²) in [6, 6.07) is 11.6. The Hall–Kier alpha value is -1.37. The summed E-state index contributed by atoms with van der Waals surface area (Å²) >= 11 is 0. The van der Waals surface area contributed by atoms with Gasteiger partial charge in [0.05, 0.1) is 0 Å². The van der Waals surface area contributed by atoms with Gasteiger partial charge in [-0.1, -0.05) is 64.2 Å². The summed E-state index contributed by atoms with van der Waals surface area (Å²) in [4.78, 5) is 0. The lowest BCUT2D eigenvalue weighted by Crippen LogP contribution is -2.38. The summed E-state index contributed by atoms with van der Waals surface area (Å²) in [6.07, 6.45) is 16.8. The molecule has 0 aliphatic carbocycles. The highest BCUT2D eigenvalue weighted by Crippen LogP contribution is 2.19. The van der Waals surface area contributed by atoms with Crippen LogP contribution in [0.5, 0.6) is 0 Å². The highest BCUT2D eigenvalue weighted by Gasteiger charge is 2.17. The van der Waals surface area contributed by atoms with Gasteiger partial charge in [-0.2, -0.15) is 0 Å². The number of fused-ring (bicyclic) bond motifs is 1. The Kier molecular flexibility index (Phi) is 7.42. The predicted octanol–water partition coefficient (Wildman–Crippen LogP) is 6.22. The van der Waals surface area contributed by atoms with Gasteiger partial charge in [0.25, 0.3) is 0 Å². The van der Waals surface area contributed by atoms with Gasteiger partial charge in [0, 0.05) is 24.3 Å². The minimum Gasteiger partial charge on any atom is -0.202 e. The highest BCUT2D eigenvalue weighted by molar-refractivity contribution is 5.80. The number of benzene rings is 1. The molecular formula is C21H32N+. The minimum atomic E-state index is 0.672. The predicted molar refractivity (Wildman–Crippen MR) is 96.1 cm³/mol. The van der Waals surface area contributed by atoms with Gasteiger partial charge in [0.1, 0.15) is 0 Å². The number of unbranched alkanes of at least 4 members (excludes halogenated alkanes) is 5. The first-order valence-electron chi connectivity index (χ1n) is 9.24. The quantitative estimate of drug-likeness (QED) is 0.362. The lowest BCUT2D eigenvalue weighted by Gasteiger charge is -2.13. The SMILES string of the molecule is CCCCCCCC(CCCC)[n+]1ccc2ccccc2c1. The highest BCUT2D eigenvalue weighted by atomic mass is 15.0. The van der Waals surface area contributed by atoms with E-state index in [0.717, 1.165) is 0 Å². The number of pyridine rings is 1. The maximum absolute atomic E-state index is 2.47. The molecule has 1 atom stereocenters. The Morgan fingerprint density at radius 3 is 2.23 bits per heavy atom. The zero-order chi connectivity index (χ0) is 15.6. The molecule has 1 nitrogen and oxygen atoms in total. The maximum Gasteiger partial charge on any atom is 0.176 e. The second kappa shape index (κ2) is 9.61. The molecule has 0 N–H and O–H groups in total. The van der Waals surface area contributed by atoms with Crippen LogP contribution < -0.4 is 4.57 Å². The summed E-state index contributed by atoms with van der Waals surface area (Å²) in [5, 5.41) is 2.70. The lowest BCUT2D eigenvalue weighted by atomic mass is 10.0. The maximum atomic E-state index is 2.47. The van der Waals surface area contributed by atoms with E-state index in [-0.39, 0.29) is 0 Å². The van der Waals surface area contributed by atoms with Crippen LogP contribution in [0.25, 0.3) is 10.8 Å². The van der Waals surface area contributed by atoms with Crippen molar-refractivity contribution in [3.8, 4) is 0 Å². The summed E-state index contributed by atoms with van der Waals surface area (Å²) in [5.74, 6) is 0. The summed E-state index contributed by atoms with van der Waals surface area (Å²) in [7, 11) is 0. The van der Waals surface area contributed by atoms with E-state index in [1.165, 1.54) is 68.6 Å². The molecule has 2 aromatic rings. The van der Waals surface area contributed by atoms with Gasteiger partial charge in [0.2, 0.25) is 0 Å². The molecule has 0 fully saturated rings. The third kappa shape index (κ3) is 5.12. The van der Waals surface area contributed by atoms with Crippen LogP contribution in [0.4, 0.5) is 0 Å². The van der Waals surface area contributed by atoms with Crippen molar-refractivity contribution in [2.24, 2.45) is 0 Å². The molecule has 1 heteroatoms. The standard InChI is InChI=1S/C21H32N/c1-3-5-7-8-9-15-21(14-6-4-2)22-17-16-19-12-10-11-13-20(19)18-22/h10-13,16-18,21H,3-9,14-15H2,1-2H3/q+1. The van der Waals surface area contributed by atoms with E-state index in [9.17, 15) is 0 Å². The fraction of sp³-hybridized carbons (Fsp3) is 0.571. The number of hydrogen-bond donors (Lipinski definition) is 0. The first kappa shape index (κ1) is 17.0. The Balaban J connectivity index is 2.02. The average molecular weight is 298 g/mol. The smallest absolute Gasteiger partial charge is 0.176 e. The molecular weight excluding hydrogens is 266 g/mol. The van der Waals surface area contributed by atoms with Crippen LogP contribution in [0.15, 0.2) is 42.7 Å². The van der Waals surface area contributed by atoms with Gasteiger partial charge in [-0.25, -0.2) is 4.57 Å². The minimum absolute atomic E-state index is 0.672. The van der Waals surface area contributed by atoms with Crippen LogP contribution in [-0.4, -0.2) is 0 Å². The zero-order valence-electron chi connectivity index (χ0n) is 14.4. The van der Waals surface area contributed by atoms with Gasteiger partial charge in [-0.05, 0) is 24.3 Å². The number of rotatable bonds is 10. The molecule has 0 saturated carbocycles. The number of hydrogen-bond acceptors (Lipinski definition) is 0. The normalized spacial score (nSPS) is 12.6. The number of aromatic nitrogens is 1. The third-order valence-corrected chi connectivity index (χ3v) is 4.66. The van der Waals surface area contributed by atoms with E-state index in [4.69, 9.17) is 0 Å². The van der Waals surface area contributed by atoms with Crippen LogP contribution in [0, 0.1) is 0 Å². The number of nitrogens with zero attached hydrogens (tertiary/aromatic N) is 1. The summed E-state index contributed by atoms with van der Waals surface area (Å²) in [6.45, 7) is 4.58. The Bertz CT molecular complexity index is 546. The summed E-state index contributed by atoms with van der Waals surface area (Å²) in [5.41, 5.74) is 0. The van der Waals surface area contributed by atoms with E-state index in [0.29, 0.717) is 6.04 Å². The van der Waals surface area contributed by atoms with E-state index in [1.54, 1.807) is 0 Å². The molecule has 1 heterocycles. The van der Waals surface area contributed by atoms with Crippen molar-refractivity contribution < 1.29 is 4.57 Å². The molecule has 1 unspecified atom stereocenters. The largest absolute Gasteiger partial charge is 0.202 e.